The lowest BCUT2D eigenvalue weighted by atomic mass is 9.76. The zero-order valence-corrected chi connectivity index (χ0v) is 10.5. The monoisotopic (exact) mass is 245 g/mol. The van der Waals surface area contributed by atoms with Crippen LogP contribution in [0.5, 0.6) is 0 Å². The van der Waals surface area contributed by atoms with Crippen molar-refractivity contribution in [2.24, 2.45) is 11.3 Å². The van der Waals surface area contributed by atoms with Crippen LogP contribution in [0.15, 0.2) is 0 Å². The van der Waals surface area contributed by atoms with Crippen molar-refractivity contribution in [1.82, 2.24) is 5.32 Å². The molecule has 0 aliphatic rings. The van der Waals surface area contributed by atoms with Crippen LogP contribution in [-0.4, -0.2) is 34.1 Å². The molecular formula is C11H19NO5. The summed E-state index contributed by atoms with van der Waals surface area (Å²) in [5.41, 5.74) is -1.19. The number of carboxylic acid groups (broad SMARTS) is 2. The van der Waals surface area contributed by atoms with Gasteiger partial charge in [-0.15, -0.1) is 0 Å². The van der Waals surface area contributed by atoms with Crippen molar-refractivity contribution in [2.45, 2.75) is 40.2 Å². The second kappa shape index (κ2) is 5.65. The lowest BCUT2D eigenvalue weighted by Crippen LogP contribution is -2.43. The minimum atomic E-state index is -1.19. The maximum Gasteiger partial charge on any atom is 0.325 e. The molecule has 0 saturated heterocycles. The van der Waals surface area contributed by atoms with Crippen LogP contribution in [0.2, 0.25) is 0 Å². The number of nitrogens with one attached hydrogen (secondary N) is 1. The van der Waals surface area contributed by atoms with E-state index in [-0.39, 0.29) is 12.3 Å². The van der Waals surface area contributed by atoms with Crippen molar-refractivity contribution >= 4 is 17.8 Å². The Bertz CT molecular complexity index is 326. The predicted octanol–water partition coefficient (Wildman–Crippen LogP) is 0.713. The largest absolute Gasteiger partial charge is 0.481 e. The molecule has 6 nitrogen and oxygen atoms in total. The topological polar surface area (TPSA) is 104 Å². The SMILES string of the molecule is CC(NC(=O)CC(C)(C(=O)O)C(C)C)C(=O)O. The Hall–Kier alpha value is -1.59. The minimum absolute atomic E-state index is 0.231. The third-order valence-corrected chi connectivity index (χ3v) is 3.04. The van der Waals surface area contributed by atoms with Crippen molar-refractivity contribution in [3.8, 4) is 0 Å². The van der Waals surface area contributed by atoms with Crippen LogP contribution in [0.1, 0.15) is 34.1 Å². The molecule has 3 N–H and O–H groups in total. The summed E-state index contributed by atoms with van der Waals surface area (Å²) in [4.78, 5) is 33.2. The number of carboxylic acids is 2. The number of hydrogen-bond donors (Lipinski definition) is 3. The highest BCUT2D eigenvalue weighted by molar-refractivity contribution is 5.87. The fraction of sp³-hybridized carbons (Fsp3) is 0.727. The molecule has 0 bridgehead atoms. The van der Waals surface area contributed by atoms with Gasteiger partial charge in [0.05, 0.1) is 5.41 Å². The van der Waals surface area contributed by atoms with Gasteiger partial charge in [0.1, 0.15) is 6.04 Å². The smallest absolute Gasteiger partial charge is 0.325 e. The molecule has 1 amide bonds. The first-order chi connectivity index (χ1) is 7.61. The van der Waals surface area contributed by atoms with Crippen molar-refractivity contribution in [2.75, 3.05) is 0 Å². The summed E-state index contributed by atoms with van der Waals surface area (Å²) >= 11 is 0. The Labute approximate surface area is 100 Å². The molecule has 0 radical (unpaired) electrons. The van der Waals surface area contributed by atoms with Crippen molar-refractivity contribution in [1.29, 1.82) is 0 Å². The predicted molar refractivity (Wildman–Crippen MR) is 60.4 cm³/mol. The second-order valence-electron chi connectivity index (χ2n) is 4.68. The molecule has 0 rings (SSSR count). The highest BCUT2D eigenvalue weighted by Crippen LogP contribution is 2.31. The van der Waals surface area contributed by atoms with Gasteiger partial charge in [0.25, 0.3) is 0 Å². The molecule has 0 aromatic rings. The molecule has 0 heterocycles. The van der Waals surface area contributed by atoms with Gasteiger partial charge in [0.2, 0.25) is 5.91 Å². The molecule has 2 atom stereocenters. The number of aliphatic carboxylic acids is 2. The third-order valence-electron chi connectivity index (χ3n) is 3.04. The van der Waals surface area contributed by atoms with Gasteiger partial charge in [-0.25, -0.2) is 0 Å². The summed E-state index contributed by atoms with van der Waals surface area (Å²) in [6.07, 6.45) is -0.238. The maximum atomic E-state index is 11.5. The van der Waals surface area contributed by atoms with Crippen LogP contribution in [-0.2, 0) is 14.4 Å². The Morgan fingerprint density at radius 1 is 1.18 bits per heavy atom. The Morgan fingerprint density at radius 3 is 1.94 bits per heavy atom. The van der Waals surface area contributed by atoms with E-state index in [4.69, 9.17) is 10.2 Å². The summed E-state index contributed by atoms with van der Waals surface area (Å²) in [5.74, 6) is -3.02. The molecule has 0 aromatic heterocycles. The quantitative estimate of drug-likeness (QED) is 0.639. The van der Waals surface area contributed by atoms with Gasteiger partial charge in [-0.05, 0) is 19.8 Å². The molecule has 2 unspecified atom stereocenters. The normalized spacial score (nSPS) is 16.1. The fourth-order valence-corrected chi connectivity index (χ4v) is 1.21. The van der Waals surface area contributed by atoms with E-state index in [1.165, 1.54) is 13.8 Å². The first kappa shape index (κ1) is 15.4. The van der Waals surface area contributed by atoms with Gasteiger partial charge in [0.15, 0.2) is 0 Å². The first-order valence-electron chi connectivity index (χ1n) is 5.36. The zero-order valence-electron chi connectivity index (χ0n) is 10.5. The van der Waals surface area contributed by atoms with Gasteiger partial charge in [-0.3, -0.25) is 14.4 Å². The van der Waals surface area contributed by atoms with Gasteiger partial charge >= 0.3 is 11.9 Å². The molecule has 0 fully saturated rings. The average Bonchev–Trinajstić information content (AvgIpc) is 2.16. The third kappa shape index (κ3) is 4.05. The lowest BCUT2D eigenvalue weighted by molar-refractivity contribution is -0.153. The van der Waals surface area contributed by atoms with E-state index < -0.39 is 29.3 Å². The van der Waals surface area contributed by atoms with Gasteiger partial charge in [-0.1, -0.05) is 13.8 Å². The van der Waals surface area contributed by atoms with Gasteiger partial charge < -0.3 is 15.5 Å². The number of amides is 1. The summed E-state index contributed by atoms with van der Waals surface area (Å²) in [6.45, 7) is 6.22. The van der Waals surface area contributed by atoms with E-state index in [0.717, 1.165) is 0 Å². The molecule has 0 aliphatic carbocycles. The number of carbonyl (C=O) groups is 3. The maximum absolute atomic E-state index is 11.5. The van der Waals surface area contributed by atoms with Gasteiger partial charge in [0, 0.05) is 6.42 Å². The number of rotatable bonds is 6. The van der Waals surface area contributed by atoms with Crippen molar-refractivity contribution in [3.63, 3.8) is 0 Å². The summed E-state index contributed by atoms with van der Waals surface area (Å²) < 4.78 is 0. The van der Waals surface area contributed by atoms with Gasteiger partial charge in [-0.2, -0.15) is 0 Å². The highest BCUT2D eigenvalue weighted by Gasteiger charge is 2.39. The van der Waals surface area contributed by atoms with Crippen LogP contribution in [0.25, 0.3) is 0 Å². The van der Waals surface area contributed by atoms with Crippen LogP contribution in [0.4, 0.5) is 0 Å². The van der Waals surface area contributed by atoms with E-state index in [1.54, 1.807) is 13.8 Å². The Kier molecular flexibility index (Phi) is 5.12. The average molecular weight is 245 g/mol. The number of hydrogen-bond acceptors (Lipinski definition) is 3. The molecule has 0 saturated carbocycles. The van der Waals surface area contributed by atoms with Crippen LogP contribution in [0, 0.1) is 11.3 Å². The molecular weight excluding hydrogens is 226 g/mol. The van der Waals surface area contributed by atoms with E-state index in [0.29, 0.717) is 0 Å². The molecule has 17 heavy (non-hydrogen) atoms. The fourth-order valence-electron chi connectivity index (χ4n) is 1.21. The standard InChI is InChI=1S/C11H19NO5/c1-6(2)11(4,10(16)17)5-8(13)12-7(3)9(14)15/h6-7H,5H2,1-4H3,(H,12,13)(H,14,15)(H,16,17). The van der Waals surface area contributed by atoms with E-state index >= 15 is 0 Å². The molecule has 98 valence electrons. The molecule has 0 aromatic carbocycles. The lowest BCUT2D eigenvalue weighted by Gasteiger charge is -2.28. The summed E-state index contributed by atoms with van der Waals surface area (Å²) in [6, 6.07) is -1.02. The van der Waals surface area contributed by atoms with Crippen LogP contribution >= 0.6 is 0 Å². The van der Waals surface area contributed by atoms with Crippen molar-refractivity contribution < 1.29 is 24.6 Å². The van der Waals surface area contributed by atoms with Crippen LogP contribution in [0.3, 0.4) is 0 Å². The molecule has 0 aliphatic heterocycles. The van der Waals surface area contributed by atoms with E-state index in [9.17, 15) is 14.4 Å². The van der Waals surface area contributed by atoms with Crippen molar-refractivity contribution in [3.05, 3.63) is 0 Å². The van der Waals surface area contributed by atoms with Crippen LogP contribution < -0.4 is 5.32 Å². The Balaban J connectivity index is 4.65. The molecule has 6 heteroatoms. The molecule has 0 spiro atoms. The first-order valence-corrected chi connectivity index (χ1v) is 5.36. The highest BCUT2D eigenvalue weighted by atomic mass is 16.4. The number of carbonyl (C=O) groups excluding carboxylic acids is 1. The Morgan fingerprint density at radius 2 is 1.65 bits per heavy atom. The second-order valence-corrected chi connectivity index (χ2v) is 4.68. The minimum Gasteiger partial charge on any atom is -0.481 e. The van der Waals surface area contributed by atoms with E-state index in [1.807, 2.05) is 0 Å². The zero-order chi connectivity index (χ0) is 13.8. The summed E-state index contributed by atoms with van der Waals surface area (Å²) in [5, 5.41) is 20.0. The summed E-state index contributed by atoms with van der Waals surface area (Å²) in [7, 11) is 0. The van der Waals surface area contributed by atoms with E-state index in [2.05, 4.69) is 5.32 Å².